The maximum absolute atomic E-state index is 6.03. The van der Waals surface area contributed by atoms with E-state index in [0.29, 0.717) is 20.1 Å². The van der Waals surface area contributed by atoms with Crippen molar-refractivity contribution in [1.82, 2.24) is 9.59 Å². The smallest absolute Gasteiger partial charge is 0.138 e. The molecule has 0 N–H and O–H groups in total. The second-order valence-electron chi connectivity index (χ2n) is 2.86. The lowest BCUT2D eigenvalue weighted by Crippen LogP contribution is -1.83. The van der Waals surface area contributed by atoms with Gasteiger partial charge in [-0.25, -0.2) is 0 Å². The quantitative estimate of drug-likeness (QED) is 0.762. The highest BCUT2D eigenvalue weighted by atomic mass is 35.5. The molecule has 0 aliphatic carbocycles. The van der Waals surface area contributed by atoms with Gasteiger partial charge in [0.2, 0.25) is 0 Å². The van der Waals surface area contributed by atoms with Gasteiger partial charge in [0.15, 0.2) is 0 Å². The Balaban J connectivity index is 2.10. The molecule has 7 heteroatoms. The highest BCUT2D eigenvalue weighted by Gasteiger charge is 2.08. The van der Waals surface area contributed by atoms with Crippen molar-refractivity contribution in [2.45, 2.75) is 10.6 Å². The van der Waals surface area contributed by atoms with Crippen LogP contribution in [0.5, 0.6) is 0 Å². The van der Waals surface area contributed by atoms with Gasteiger partial charge in [-0.3, -0.25) is 0 Å². The summed E-state index contributed by atoms with van der Waals surface area (Å²) in [5, 5.41) is 5.26. The second kappa shape index (κ2) is 5.56. The van der Waals surface area contributed by atoms with E-state index < -0.39 is 0 Å². The van der Waals surface area contributed by atoms with Gasteiger partial charge in [-0.15, -0.1) is 16.9 Å². The lowest BCUT2D eigenvalue weighted by Gasteiger charge is -2.03. The highest BCUT2D eigenvalue weighted by Crippen LogP contribution is 2.33. The zero-order valence-corrected chi connectivity index (χ0v) is 11.7. The summed E-state index contributed by atoms with van der Waals surface area (Å²) in [6.45, 7) is 0. The maximum Gasteiger partial charge on any atom is 0.138 e. The van der Waals surface area contributed by atoms with E-state index in [9.17, 15) is 0 Å². The fraction of sp³-hybridized carbons (Fsp3) is 0.111. The molecule has 1 heterocycles. The molecule has 0 aliphatic rings. The van der Waals surface area contributed by atoms with E-state index in [2.05, 4.69) is 9.59 Å². The number of halogens is 3. The molecule has 2 aromatic rings. The molecule has 2 nitrogen and oxygen atoms in total. The summed E-state index contributed by atoms with van der Waals surface area (Å²) in [7, 11) is 0. The summed E-state index contributed by atoms with van der Waals surface area (Å²) in [4.78, 5) is 0.915. The highest BCUT2D eigenvalue weighted by molar-refractivity contribution is 7.98. The van der Waals surface area contributed by atoms with Gasteiger partial charge in [0.25, 0.3) is 0 Å². The molecule has 0 saturated carbocycles. The number of benzene rings is 1. The van der Waals surface area contributed by atoms with Crippen molar-refractivity contribution in [3.8, 4) is 0 Å². The molecule has 0 saturated heterocycles. The summed E-state index contributed by atoms with van der Waals surface area (Å²) in [5.41, 5.74) is 0.771. The van der Waals surface area contributed by atoms with Crippen molar-refractivity contribution in [2.75, 3.05) is 0 Å². The monoisotopic (exact) mass is 310 g/mol. The summed E-state index contributed by atoms with van der Waals surface area (Å²) in [5.74, 6) is 0.634. The van der Waals surface area contributed by atoms with Gasteiger partial charge in [-0.05, 0) is 18.2 Å². The van der Waals surface area contributed by atoms with Crippen LogP contribution in [0, 0.1) is 0 Å². The van der Waals surface area contributed by atoms with Crippen LogP contribution in [-0.2, 0) is 5.75 Å². The Morgan fingerprint density at radius 2 is 2.06 bits per heavy atom. The third kappa shape index (κ3) is 3.02. The fourth-order valence-corrected chi connectivity index (χ4v) is 3.24. The molecule has 0 atom stereocenters. The van der Waals surface area contributed by atoms with Crippen molar-refractivity contribution >= 4 is 58.1 Å². The number of thioether (sulfide) groups is 1. The van der Waals surface area contributed by atoms with Crippen LogP contribution >= 0.6 is 58.1 Å². The van der Waals surface area contributed by atoms with E-state index in [-0.39, 0.29) is 0 Å². The van der Waals surface area contributed by atoms with Crippen molar-refractivity contribution in [2.24, 2.45) is 0 Å². The molecule has 0 radical (unpaired) electrons. The third-order valence-corrected chi connectivity index (χ3v) is 4.49. The Morgan fingerprint density at radius 3 is 2.75 bits per heavy atom. The zero-order valence-electron chi connectivity index (χ0n) is 7.78. The Kier molecular flexibility index (Phi) is 4.33. The number of nitrogens with zero attached hydrogens (tertiary/aromatic N) is 2. The lowest BCUT2D eigenvalue weighted by molar-refractivity contribution is 1.07. The van der Waals surface area contributed by atoms with E-state index in [0.717, 1.165) is 10.6 Å². The van der Waals surface area contributed by atoms with Crippen LogP contribution in [0.25, 0.3) is 0 Å². The zero-order chi connectivity index (χ0) is 11.5. The Bertz CT molecular complexity index is 501. The molecule has 0 bridgehead atoms. The molecule has 0 unspecified atom stereocenters. The lowest BCUT2D eigenvalue weighted by atomic mass is 10.4. The van der Waals surface area contributed by atoms with Crippen LogP contribution in [0.4, 0.5) is 0 Å². The molecule has 0 fully saturated rings. The van der Waals surface area contributed by atoms with Gasteiger partial charge in [0.1, 0.15) is 10.0 Å². The fourth-order valence-electron chi connectivity index (χ4n) is 1.02. The largest absolute Gasteiger partial charge is 0.141 e. The molecule has 0 aliphatic heterocycles. The maximum atomic E-state index is 6.03. The molecule has 16 heavy (non-hydrogen) atoms. The first-order chi connectivity index (χ1) is 7.66. The Labute approximate surface area is 116 Å². The second-order valence-corrected chi connectivity index (χ2v) is 6.07. The first-order valence-electron chi connectivity index (χ1n) is 4.21. The average Bonchev–Trinajstić information content (AvgIpc) is 2.66. The van der Waals surface area contributed by atoms with Crippen molar-refractivity contribution in [1.29, 1.82) is 0 Å². The first-order valence-corrected chi connectivity index (χ1v) is 7.10. The van der Waals surface area contributed by atoms with Crippen LogP contribution in [0.15, 0.2) is 23.1 Å². The van der Waals surface area contributed by atoms with Crippen molar-refractivity contribution in [3.63, 3.8) is 0 Å². The summed E-state index contributed by atoms with van der Waals surface area (Å²) >= 11 is 20.5. The molecule has 1 aromatic carbocycles. The number of rotatable bonds is 3. The number of hydrogen-bond acceptors (Lipinski definition) is 4. The third-order valence-electron chi connectivity index (χ3n) is 1.77. The Morgan fingerprint density at radius 1 is 1.25 bits per heavy atom. The predicted molar refractivity (Wildman–Crippen MR) is 70.9 cm³/mol. The van der Waals surface area contributed by atoms with Gasteiger partial charge in [-0.1, -0.05) is 39.3 Å². The summed E-state index contributed by atoms with van der Waals surface area (Å²) in [6.07, 6.45) is 0. The predicted octanol–water partition coefficient (Wildman–Crippen LogP) is 4.79. The summed E-state index contributed by atoms with van der Waals surface area (Å²) in [6, 6.07) is 5.35. The van der Waals surface area contributed by atoms with E-state index in [4.69, 9.17) is 34.8 Å². The molecular formula is C9H5Cl3N2S2. The minimum atomic E-state index is 0.616. The molecule has 84 valence electrons. The van der Waals surface area contributed by atoms with Gasteiger partial charge in [0, 0.05) is 27.2 Å². The van der Waals surface area contributed by atoms with E-state index in [1.54, 1.807) is 12.1 Å². The standard InChI is InChI=1S/C9H5Cl3N2S2/c10-5-1-2-6(11)8(3-5)15-4-7-9(12)16-14-13-7/h1-3H,4H2. The number of aromatic nitrogens is 2. The summed E-state index contributed by atoms with van der Waals surface area (Å²) < 4.78 is 4.38. The SMILES string of the molecule is Clc1ccc(Cl)c(SCc2nnsc2Cl)c1. The average molecular weight is 312 g/mol. The molecule has 2 rings (SSSR count). The normalized spacial score (nSPS) is 10.7. The van der Waals surface area contributed by atoms with Crippen molar-refractivity contribution in [3.05, 3.63) is 38.3 Å². The van der Waals surface area contributed by atoms with Gasteiger partial charge >= 0.3 is 0 Å². The molecule has 0 spiro atoms. The van der Waals surface area contributed by atoms with Crippen LogP contribution in [0.2, 0.25) is 14.4 Å². The minimum Gasteiger partial charge on any atom is -0.141 e. The van der Waals surface area contributed by atoms with Crippen molar-refractivity contribution < 1.29 is 0 Å². The van der Waals surface area contributed by atoms with E-state index in [1.807, 2.05) is 6.07 Å². The van der Waals surface area contributed by atoms with Crippen LogP contribution in [0.1, 0.15) is 5.69 Å². The van der Waals surface area contributed by atoms with Crippen LogP contribution in [0.3, 0.4) is 0 Å². The molecule has 1 aromatic heterocycles. The topological polar surface area (TPSA) is 25.8 Å². The number of hydrogen-bond donors (Lipinski definition) is 0. The van der Waals surface area contributed by atoms with Gasteiger partial charge in [-0.2, -0.15) is 0 Å². The van der Waals surface area contributed by atoms with E-state index >= 15 is 0 Å². The van der Waals surface area contributed by atoms with Crippen LogP contribution < -0.4 is 0 Å². The van der Waals surface area contributed by atoms with Crippen LogP contribution in [-0.4, -0.2) is 9.59 Å². The van der Waals surface area contributed by atoms with Gasteiger partial charge in [0.05, 0.1) is 5.02 Å². The minimum absolute atomic E-state index is 0.616. The van der Waals surface area contributed by atoms with E-state index in [1.165, 1.54) is 23.3 Å². The molecule has 0 amide bonds. The Hall–Kier alpha value is -0.000000000000000139. The first kappa shape index (κ1) is 12.5. The van der Waals surface area contributed by atoms with Gasteiger partial charge < -0.3 is 0 Å². The molecular weight excluding hydrogens is 307 g/mol.